The van der Waals surface area contributed by atoms with E-state index < -0.39 is 10.0 Å². The molecule has 3 nitrogen and oxygen atoms in total. The van der Waals surface area contributed by atoms with Crippen LogP contribution in [0.1, 0.15) is 17.5 Å². The summed E-state index contributed by atoms with van der Waals surface area (Å²) in [4.78, 5) is 0. The third-order valence-corrected chi connectivity index (χ3v) is 5.05. The fourth-order valence-electron chi connectivity index (χ4n) is 2.08. The summed E-state index contributed by atoms with van der Waals surface area (Å²) < 4.78 is 24.8. The van der Waals surface area contributed by atoms with Crippen molar-refractivity contribution in [3.63, 3.8) is 0 Å². The minimum absolute atomic E-state index is 0.320. The monoisotopic (exact) mass is 239 g/mol. The van der Waals surface area contributed by atoms with E-state index in [9.17, 15) is 8.42 Å². The van der Waals surface area contributed by atoms with Gasteiger partial charge in [0, 0.05) is 13.1 Å². The third-order valence-electron chi connectivity index (χ3n) is 3.09. The highest BCUT2D eigenvalue weighted by atomic mass is 32.2. The van der Waals surface area contributed by atoms with Crippen LogP contribution in [-0.2, 0) is 16.4 Å². The summed E-state index contributed by atoms with van der Waals surface area (Å²) in [6.07, 6.45) is 1.59. The van der Waals surface area contributed by atoms with Gasteiger partial charge in [-0.15, -0.1) is 0 Å². The second kappa shape index (κ2) is 4.55. The average molecular weight is 239 g/mol. The molecule has 4 heteroatoms. The van der Waals surface area contributed by atoms with Crippen LogP contribution in [0.25, 0.3) is 0 Å². The highest BCUT2D eigenvalue weighted by Gasteiger charge is 2.27. The molecular formula is C12H17NO2S. The molecule has 0 unspecified atom stereocenters. The Morgan fingerprint density at radius 3 is 2.69 bits per heavy atom. The van der Waals surface area contributed by atoms with Crippen molar-refractivity contribution in [3.8, 4) is 0 Å². The van der Waals surface area contributed by atoms with Crippen molar-refractivity contribution in [2.24, 2.45) is 0 Å². The Kier molecular flexibility index (Phi) is 3.30. The lowest BCUT2D eigenvalue weighted by Crippen LogP contribution is -2.28. The Morgan fingerprint density at radius 2 is 2.06 bits per heavy atom. The lowest BCUT2D eigenvalue weighted by atomic mass is 10.1. The topological polar surface area (TPSA) is 37.4 Å². The fourth-order valence-corrected chi connectivity index (χ4v) is 3.61. The predicted molar refractivity (Wildman–Crippen MR) is 64.9 cm³/mol. The molecule has 0 amide bonds. The fraction of sp³-hybridized carbons (Fsp3) is 0.500. The molecule has 1 aliphatic rings. The first-order valence-electron chi connectivity index (χ1n) is 5.62. The van der Waals surface area contributed by atoms with Gasteiger partial charge in [0.15, 0.2) is 0 Å². The molecule has 16 heavy (non-hydrogen) atoms. The number of benzene rings is 1. The van der Waals surface area contributed by atoms with E-state index in [1.54, 1.807) is 4.31 Å². The minimum atomic E-state index is -2.94. The number of hydrogen-bond donors (Lipinski definition) is 0. The minimum Gasteiger partial charge on any atom is -0.212 e. The van der Waals surface area contributed by atoms with Crippen molar-refractivity contribution < 1.29 is 8.42 Å². The van der Waals surface area contributed by atoms with Gasteiger partial charge in [-0.25, -0.2) is 12.7 Å². The molecule has 0 bridgehead atoms. The zero-order valence-corrected chi connectivity index (χ0v) is 10.3. The van der Waals surface area contributed by atoms with Crippen molar-refractivity contribution in [1.82, 2.24) is 4.31 Å². The highest BCUT2D eigenvalue weighted by Crippen LogP contribution is 2.15. The van der Waals surface area contributed by atoms with Gasteiger partial charge in [0.05, 0.1) is 5.75 Å². The molecule has 1 fully saturated rings. The van der Waals surface area contributed by atoms with Gasteiger partial charge in [0.1, 0.15) is 0 Å². The lowest BCUT2D eigenvalue weighted by Gasteiger charge is -2.14. The number of hydrogen-bond acceptors (Lipinski definition) is 2. The number of nitrogens with zero attached hydrogens (tertiary/aromatic N) is 1. The summed E-state index contributed by atoms with van der Waals surface area (Å²) in [5.74, 6) is 0.320. The summed E-state index contributed by atoms with van der Waals surface area (Å²) in [7, 11) is -2.94. The van der Waals surface area contributed by atoms with E-state index >= 15 is 0 Å². The SMILES string of the molecule is Cc1ccccc1CCN1CCCS1(=O)=O. The van der Waals surface area contributed by atoms with E-state index in [2.05, 4.69) is 19.1 Å². The van der Waals surface area contributed by atoms with Crippen LogP contribution in [0, 0.1) is 6.92 Å². The van der Waals surface area contributed by atoms with Crippen molar-refractivity contribution >= 4 is 10.0 Å². The number of aryl methyl sites for hydroxylation is 1. The molecule has 0 aromatic heterocycles. The normalized spacial score (nSPS) is 20.1. The van der Waals surface area contributed by atoms with Crippen LogP contribution >= 0.6 is 0 Å². The Morgan fingerprint density at radius 1 is 1.31 bits per heavy atom. The zero-order chi connectivity index (χ0) is 11.6. The predicted octanol–water partition coefficient (Wildman–Crippen LogP) is 1.57. The molecule has 0 radical (unpaired) electrons. The zero-order valence-electron chi connectivity index (χ0n) is 9.52. The summed E-state index contributed by atoms with van der Waals surface area (Å²) in [5, 5.41) is 0. The molecule has 1 aromatic carbocycles. The van der Waals surface area contributed by atoms with Crippen molar-refractivity contribution in [1.29, 1.82) is 0 Å². The van der Waals surface area contributed by atoms with Crippen LogP contribution in [0.4, 0.5) is 0 Å². The van der Waals surface area contributed by atoms with Crippen molar-refractivity contribution in [2.75, 3.05) is 18.8 Å². The molecule has 1 saturated heterocycles. The van der Waals surface area contributed by atoms with E-state index in [4.69, 9.17) is 0 Å². The molecular weight excluding hydrogens is 222 g/mol. The van der Waals surface area contributed by atoms with E-state index in [-0.39, 0.29) is 0 Å². The van der Waals surface area contributed by atoms with Gasteiger partial charge in [-0.05, 0) is 30.9 Å². The van der Waals surface area contributed by atoms with Crippen molar-refractivity contribution in [2.45, 2.75) is 19.8 Å². The van der Waals surface area contributed by atoms with E-state index in [0.29, 0.717) is 18.8 Å². The first-order chi connectivity index (χ1) is 7.59. The first-order valence-corrected chi connectivity index (χ1v) is 7.23. The van der Waals surface area contributed by atoms with E-state index in [0.717, 1.165) is 12.8 Å². The molecule has 0 atom stereocenters. The maximum absolute atomic E-state index is 11.6. The van der Waals surface area contributed by atoms with Crippen LogP contribution < -0.4 is 0 Å². The highest BCUT2D eigenvalue weighted by molar-refractivity contribution is 7.89. The van der Waals surface area contributed by atoms with Gasteiger partial charge in [0.2, 0.25) is 10.0 Å². The quantitative estimate of drug-likeness (QED) is 0.803. The maximum Gasteiger partial charge on any atom is 0.214 e. The van der Waals surface area contributed by atoms with Gasteiger partial charge in [-0.1, -0.05) is 24.3 Å². The molecule has 0 saturated carbocycles. The maximum atomic E-state index is 11.6. The Hall–Kier alpha value is -0.870. The molecule has 1 aromatic rings. The molecule has 1 aliphatic heterocycles. The molecule has 1 heterocycles. The first kappa shape index (κ1) is 11.6. The largest absolute Gasteiger partial charge is 0.214 e. The molecule has 0 aliphatic carbocycles. The Bertz CT molecular complexity index is 468. The van der Waals surface area contributed by atoms with Crippen LogP contribution in [0.5, 0.6) is 0 Å². The van der Waals surface area contributed by atoms with Gasteiger partial charge >= 0.3 is 0 Å². The molecule has 88 valence electrons. The second-order valence-corrected chi connectivity index (χ2v) is 6.33. The number of sulfonamides is 1. The van der Waals surface area contributed by atoms with Crippen LogP contribution in [0.15, 0.2) is 24.3 Å². The molecule has 2 rings (SSSR count). The van der Waals surface area contributed by atoms with Gasteiger partial charge in [0.25, 0.3) is 0 Å². The summed E-state index contributed by atoms with van der Waals surface area (Å²) in [6, 6.07) is 8.14. The smallest absolute Gasteiger partial charge is 0.212 e. The molecule has 0 N–H and O–H groups in total. The Labute approximate surface area is 97.1 Å². The second-order valence-electron chi connectivity index (χ2n) is 4.25. The summed E-state index contributed by atoms with van der Waals surface area (Å²) in [5.41, 5.74) is 2.48. The van der Waals surface area contributed by atoms with Gasteiger partial charge in [-0.3, -0.25) is 0 Å². The van der Waals surface area contributed by atoms with Gasteiger partial charge in [-0.2, -0.15) is 0 Å². The van der Waals surface area contributed by atoms with Crippen LogP contribution in [0.3, 0.4) is 0 Å². The summed E-state index contributed by atoms with van der Waals surface area (Å²) in [6.45, 7) is 3.37. The van der Waals surface area contributed by atoms with Gasteiger partial charge < -0.3 is 0 Å². The molecule has 0 spiro atoms. The van der Waals surface area contributed by atoms with E-state index in [1.165, 1.54) is 11.1 Å². The van der Waals surface area contributed by atoms with Crippen LogP contribution in [0.2, 0.25) is 0 Å². The lowest BCUT2D eigenvalue weighted by molar-refractivity contribution is 0.447. The van der Waals surface area contributed by atoms with Crippen LogP contribution in [-0.4, -0.2) is 31.6 Å². The standard InChI is InChI=1S/C12H17NO2S/c1-11-5-2-3-6-12(11)7-9-13-8-4-10-16(13,14)15/h2-3,5-6H,4,7-10H2,1H3. The number of rotatable bonds is 3. The van der Waals surface area contributed by atoms with Crippen molar-refractivity contribution in [3.05, 3.63) is 35.4 Å². The van der Waals surface area contributed by atoms with E-state index in [1.807, 2.05) is 12.1 Å². The third kappa shape index (κ3) is 2.44. The summed E-state index contributed by atoms with van der Waals surface area (Å²) >= 11 is 0. The average Bonchev–Trinajstić information content (AvgIpc) is 2.57. The Balaban J connectivity index is 2.01.